The minimum Gasteiger partial charge on any atom is -0.0588 e. The van der Waals surface area contributed by atoms with E-state index in [9.17, 15) is 0 Å². The van der Waals surface area contributed by atoms with E-state index in [0.29, 0.717) is 0 Å². The number of benzene rings is 6. The molecule has 0 nitrogen and oxygen atoms in total. The summed E-state index contributed by atoms with van der Waals surface area (Å²) in [4.78, 5) is 0. The van der Waals surface area contributed by atoms with Gasteiger partial charge in [-0.2, -0.15) is 0 Å². The highest BCUT2D eigenvalue weighted by Crippen LogP contribution is 2.19. The third-order valence-corrected chi connectivity index (χ3v) is 14.0. The van der Waals surface area contributed by atoms with Gasteiger partial charge in [-0.25, -0.2) is 0 Å². The fraction of sp³-hybridized carbons (Fsp3) is 0.400. The van der Waals surface area contributed by atoms with E-state index in [1.165, 1.54) is 134 Å². The molecule has 0 aliphatic rings. The van der Waals surface area contributed by atoms with Crippen LogP contribution < -0.4 is 0 Å². The Morgan fingerprint density at radius 1 is 0.117 bits per heavy atom. The van der Waals surface area contributed by atoms with Crippen molar-refractivity contribution >= 4 is 0 Å². The van der Waals surface area contributed by atoms with Crippen LogP contribution in [0.5, 0.6) is 0 Å². The maximum Gasteiger partial charge on any atom is -0.0392 e. The quantitative estimate of drug-likeness (QED) is 0.143. The first-order valence-electron chi connectivity index (χ1n) is 22.0. The zero-order valence-corrected chi connectivity index (χ0v) is 42.9. The van der Waals surface area contributed by atoms with E-state index in [-0.39, 0.29) is 0 Å². The Hall–Kier alpha value is -4.68. The summed E-state index contributed by atoms with van der Waals surface area (Å²) in [5.74, 6) is 0. The normalized spacial score (nSPS) is 10.0. The standard InChI is InChI=1S/6C10H14/c6*1-7-5-6-8(2)10(4)9(7)3/h6*5-6H,1-4H3. The fourth-order valence-corrected chi connectivity index (χ4v) is 6.55. The van der Waals surface area contributed by atoms with Gasteiger partial charge in [-0.3, -0.25) is 0 Å². The largest absolute Gasteiger partial charge is 0.0588 e. The van der Waals surface area contributed by atoms with Crippen LogP contribution in [0.25, 0.3) is 0 Å². The summed E-state index contributed by atoms with van der Waals surface area (Å²) in [6, 6.07) is 26.1. The molecule has 0 saturated carbocycles. The summed E-state index contributed by atoms with van der Waals surface area (Å²) in [5, 5.41) is 0. The van der Waals surface area contributed by atoms with Crippen molar-refractivity contribution in [2.24, 2.45) is 0 Å². The Balaban J connectivity index is 0.000000360. The summed E-state index contributed by atoms with van der Waals surface area (Å²) < 4.78 is 0. The lowest BCUT2D eigenvalue weighted by atomic mass is 10.0. The average Bonchev–Trinajstić information content (AvgIpc) is 3.23. The molecule has 0 aliphatic carbocycles. The summed E-state index contributed by atoms with van der Waals surface area (Å²) in [6.45, 7) is 52.0. The molecule has 0 bridgehead atoms. The summed E-state index contributed by atoms with van der Waals surface area (Å²) in [5.41, 5.74) is 33.9. The third-order valence-electron chi connectivity index (χ3n) is 14.0. The Kier molecular flexibility index (Phi) is 21.8. The number of hydrogen-bond acceptors (Lipinski definition) is 0. The Labute approximate surface area is 371 Å². The highest BCUT2D eigenvalue weighted by molar-refractivity contribution is 5.41. The summed E-state index contributed by atoms with van der Waals surface area (Å²) >= 11 is 0. The van der Waals surface area contributed by atoms with Gasteiger partial charge < -0.3 is 0 Å². The molecule has 0 heteroatoms. The first kappa shape index (κ1) is 53.3. The Bertz CT molecular complexity index is 1750. The first-order chi connectivity index (χ1) is 27.8. The van der Waals surface area contributed by atoms with Crippen molar-refractivity contribution in [1.29, 1.82) is 0 Å². The third kappa shape index (κ3) is 15.4. The lowest BCUT2D eigenvalue weighted by Crippen LogP contribution is -1.88. The van der Waals surface area contributed by atoms with Crippen molar-refractivity contribution in [3.8, 4) is 0 Å². The molecule has 6 rings (SSSR count). The van der Waals surface area contributed by atoms with E-state index in [4.69, 9.17) is 0 Å². The minimum atomic E-state index is 1.39. The van der Waals surface area contributed by atoms with Gasteiger partial charge in [0.25, 0.3) is 0 Å². The molecule has 0 amide bonds. The number of hydrogen-bond donors (Lipinski definition) is 0. The molecule has 60 heavy (non-hydrogen) atoms. The molecule has 0 aliphatic heterocycles. The molecule has 0 N–H and O–H groups in total. The number of aryl methyl sites for hydroxylation is 12. The molecule has 0 saturated heterocycles. The van der Waals surface area contributed by atoms with Crippen LogP contribution in [0.4, 0.5) is 0 Å². The highest BCUT2D eigenvalue weighted by atomic mass is 14.1. The van der Waals surface area contributed by atoms with Crippen LogP contribution in [-0.4, -0.2) is 0 Å². The molecular formula is C60H84. The predicted octanol–water partition coefficient (Wildman–Crippen LogP) is 17.5. The Morgan fingerprint density at radius 3 is 0.217 bits per heavy atom. The van der Waals surface area contributed by atoms with Crippen molar-refractivity contribution in [3.63, 3.8) is 0 Å². The van der Waals surface area contributed by atoms with Gasteiger partial charge in [-0.05, 0) is 300 Å². The highest BCUT2D eigenvalue weighted by Gasteiger charge is 2.02. The van der Waals surface area contributed by atoms with Crippen LogP contribution in [-0.2, 0) is 0 Å². The summed E-state index contributed by atoms with van der Waals surface area (Å²) in [6.07, 6.45) is 0. The predicted molar refractivity (Wildman–Crippen MR) is 272 cm³/mol. The molecule has 0 spiro atoms. The van der Waals surface area contributed by atoms with Crippen molar-refractivity contribution in [1.82, 2.24) is 0 Å². The molecule has 0 fully saturated rings. The van der Waals surface area contributed by atoms with E-state index in [1.54, 1.807) is 0 Å². The molecular weight excluding hydrogens is 721 g/mol. The lowest BCUT2D eigenvalue weighted by Gasteiger charge is -2.06. The monoisotopic (exact) mass is 805 g/mol. The summed E-state index contributed by atoms with van der Waals surface area (Å²) in [7, 11) is 0. The van der Waals surface area contributed by atoms with E-state index < -0.39 is 0 Å². The minimum absolute atomic E-state index is 1.39. The van der Waals surface area contributed by atoms with Gasteiger partial charge in [0.2, 0.25) is 0 Å². The van der Waals surface area contributed by atoms with Crippen LogP contribution in [0.1, 0.15) is 134 Å². The second-order valence-electron chi connectivity index (χ2n) is 17.7. The zero-order chi connectivity index (χ0) is 46.3. The SMILES string of the molecule is Cc1ccc(C)c(C)c1C.Cc1ccc(C)c(C)c1C.Cc1ccc(C)c(C)c1C.Cc1ccc(C)c(C)c1C.Cc1ccc(C)c(C)c1C.Cc1ccc(C)c(C)c1C. The van der Waals surface area contributed by atoms with Gasteiger partial charge in [0, 0.05) is 0 Å². The van der Waals surface area contributed by atoms with Crippen molar-refractivity contribution < 1.29 is 0 Å². The fourth-order valence-electron chi connectivity index (χ4n) is 6.55. The van der Waals surface area contributed by atoms with Crippen molar-refractivity contribution in [2.75, 3.05) is 0 Å². The molecule has 0 radical (unpaired) electrons. The van der Waals surface area contributed by atoms with Crippen LogP contribution in [0.3, 0.4) is 0 Å². The van der Waals surface area contributed by atoms with E-state index in [0.717, 1.165) is 0 Å². The van der Waals surface area contributed by atoms with Gasteiger partial charge in [0.1, 0.15) is 0 Å². The van der Waals surface area contributed by atoms with Gasteiger partial charge in [-0.15, -0.1) is 0 Å². The van der Waals surface area contributed by atoms with Gasteiger partial charge in [0.15, 0.2) is 0 Å². The first-order valence-corrected chi connectivity index (χ1v) is 22.0. The lowest BCUT2D eigenvalue weighted by molar-refractivity contribution is 1.22. The topological polar surface area (TPSA) is 0 Å². The van der Waals surface area contributed by atoms with Crippen molar-refractivity contribution in [2.45, 2.75) is 166 Å². The van der Waals surface area contributed by atoms with Gasteiger partial charge in [-0.1, -0.05) is 72.8 Å². The molecule has 0 atom stereocenters. The second kappa shape index (κ2) is 24.5. The smallest absolute Gasteiger partial charge is 0.0392 e. The molecule has 0 unspecified atom stereocenters. The van der Waals surface area contributed by atoms with Crippen molar-refractivity contribution in [3.05, 3.63) is 206 Å². The molecule has 6 aromatic carbocycles. The van der Waals surface area contributed by atoms with E-state index in [2.05, 4.69) is 239 Å². The zero-order valence-electron chi connectivity index (χ0n) is 42.9. The molecule has 6 aromatic rings. The molecule has 324 valence electrons. The maximum absolute atomic E-state index is 2.18. The van der Waals surface area contributed by atoms with Crippen LogP contribution in [0, 0.1) is 166 Å². The van der Waals surface area contributed by atoms with Crippen LogP contribution in [0.15, 0.2) is 72.8 Å². The van der Waals surface area contributed by atoms with Gasteiger partial charge in [0.05, 0.1) is 0 Å². The van der Waals surface area contributed by atoms with Crippen LogP contribution >= 0.6 is 0 Å². The average molecular weight is 805 g/mol. The maximum atomic E-state index is 2.18. The van der Waals surface area contributed by atoms with E-state index >= 15 is 0 Å². The second-order valence-corrected chi connectivity index (χ2v) is 17.7. The number of rotatable bonds is 0. The van der Waals surface area contributed by atoms with Gasteiger partial charge >= 0.3 is 0 Å². The van der Waals surface area contributed by atoms with Crippen LogP contribution in [0.2, 0.25) is 0 Å². The Morgan fingerprint density at radius 2 is 0.167 bits per heavy atom. The molecule has 0 aromatic heterocycles. The molecule has 0 heterocycles. The van der Waals surface area contributed by atoms with E-state index in [1.807, 2.05) is 0 Å².